The van der Waals surface area contributed by atoms with Crippen LogP contribution >= 0.6 is 11.6 Å². The lowest BCUT2D eigenvalue weighted by Crippen LogP contribution is -2.18. The molecule has 1 heterocycles. The Morgan fingerprint density at radius 3 is 2.46 bits per heavy atom. The van der Waals surface area contributed by atoms with Crippen molar-refractivity contribution in [3.8, 4) is 5.75 Å². The van der Waals surface area contributed by atoms with Crippen molar-refractivity contribution in [2.75, 3.05) is 0 Å². The topological polar surface area (TPSA) is 82.5 Å². The first-order chi connectivity index (χ1) is 11.6. The van der Waals surface area contributed by atoms with E-state index >= 15 is 0 Å². The first-order valence-electron chi connectivity index (χ1n) is 7.24. The molecule has 24 heavy (non-hydrogen) atoms. The van der Waals surface area contributed by atoms with Gasteiger partial charge in [0, 0.05) is 17.8 Å². The molecule has 1 aromatic heterocycles. The smallest absolute Gasteiger partial charge is 0.351 e. The van der Waals surface area contributed by atoms with Gasteiger partial charge < -0.3 is 14.9 Å². The third-order valence-electron chi connectivity index (χ3n) is 3.54. The van der Waals surface area contributed by atoms with Crippen LogP contribution in [-0.4, -0.2) is 5.97 Å². The molecule has 0 aliphatic rings. The standard InChI is InChI=1S/C18H14ClNO4/c19-9-12-3-6-16-13(7-12)8-15(18(22)24-16)17(21)23-14-4-1-11(10-20)2-5-14/h1-8H,9-10,20H2. The summed E-state index contributed by atoms with van der Waals surface area (Å²) in [6.45, 7) is 0.394. The maximum absolute atomic E-state index is 12.3. The van der Waals surface area contributed by atoms with Crippen molar-refractivity contribution in [1.29, 1.82) is 0 Å². The molecule has 3 rings (SSSR count). The van der Waals surface area contributed by atoms with Gasteiger partial charge in [-0.25, -0.2) is 9.59 Å². The van der Waals surface area contributed by atoms with Gasteiger partial charge in [-0.2, -0.15) is 0 Å². The molecule has 5 nitrogen and oxygen atoms in total. The van der Waals surface area contributed by atoms with Crippen LogP contribution in [0.25, 0.3) is 11.0 Å². The van der Waals surface area contributed by atoms with Gasteiger partial charge in [-0.1, -0.05) is 18.2 Å². The minimum Gasteiger partial charge on any atom is -0.423 e. The first-order valence-corrected chi connectivity index (χ1v) is 7.78. The van der Waals surface area contributed by atoms with E-state index in [1.165, 1.54) is 6.07 Å². The highest BCUT2D eigenvalue weighted by Crippen LogP contribution is 2.18. The Morgan fingerprint density at radius 2 is 1.79 bits per heavy atom. The third kappa shape index (κ3) is 3.32. The number of esters is 1. The van der Waals surface area contributed by atoms with Crippen LogP contribution in [0.2, 0.25) is 0 Å². The predicted octanol–water partition coefficient (Wildman–Crippen LogP) is 3.21. The van der Waals surface area contributed by atoms with Gasteiger partial charge in [0.25, 0.3) is 0 Å². The summed E-state index contributed by atoms with van der Waals surface area (Å²) in [5.74, 6) is -0.129. The van der Waals surface area contributed by atoms with E-state index in [9.17, 15) is 9.59 Å². The zero-order chi connectivity index (χ0) is 17.1. The molecule has 0 unspecified atom stereocenters. The highest BCUT2D eigenvalue weighted by Gasteiger charge is 2.16. The lowest BCUT2D eigenvalue weighted by Gasteiger charge is -2.06. The molecule has 2 N–H and O–H groups in total. The average molecular weight is 344 g/mol. The number of fused-ring (bicyclic) bond motifs is 1. The number of ether oxygens (including phenoxy) is 1. The van der Waals surface area contributed by atoms with Gasteiger partial charge in [-0.3, -0.25) is 0 Å². The van der Waals surface area contributed by atoms with E-state index in [-0.39, 0.29) is 5.56 Å². The van der Waals surface area contributed by atoms with Crippen LogP contribution in [0.5, 0.6) is 5.75 Å². The fourth-order valence-corrected chi connectivity index (χ4v) is 2.42. The van der Waals surface area contributed by atoms with E-state index in [0.717, 1.165) is 11.1 Å². The van der Waals surface area contributed by atoms with Crippen LogP contribution in [0.4, 0.5) is 0 Å². The largest absolute Gasteiger partial charge is 0.423 e. The maximum atomic E-state index is 12.3. The first kappa shape index (κ1) is 16.2. The minimum absolute atomic E-state index is 0.169. The molecular formula is C18H14ClNO4. The summed E-state index contributed by atoms with van der Waals surface area (Å²) in [4.78, 5) is 24.3. The SMILES string of the molecule is NCc1ccc(OC(=O)c2cc3cc(CCl)ccc3oc2=O)cc1. The molecule has 0 radical (unpaired) electrons. The van der Waals surface area contributed by atoms with Gasteiger partial charge in [-0.15, -0.1) is 11.6 Å². The average Bonchev–Trinajstić information content (AvgIpc) is 2.61. The third-order valence-corrected chi connectivity index (χ3v) is 3.85. The number of hydrogen-bond donors (Lipinski definition) is 1. The molecule has 0 saturated heterocycles. The number of rotatable bonds is 4. The summed E-state index contributed by atoms with van der Waals surface area (Å²) < 4.78 is 10.4. The van der Waals surface area contributed by atoms with Crippen molar-refractivity contribution in [2.24, 2.45) is 5.73 Å². The Balaban J connectivity index is 1.93. The van der Waals surface area contributed by atoms with E-state index in [2.05, 4.69) is 0 Å². The minimum atomic E-state index is -0.776. The highest BCUT2D eigenvalue weighted by molar-refractivity contribution is 6.17. The number of carbonyl (C=O) groups excluding carboxylic acids is 1. The molecule has 0 spiro atoms. The van der Waals surface area contributed by atoms with E-state index in [4.69, 9.17) is 26.5 Å². The van der Waals surface area contributed by atoms with Crippen molar-refractivity contribution in [3.63, 3.8) is 0 Å². The van der Waals surface area contributed by atoms with Crippen LogP contribution < -0.4 is 16.1 Å². The monoisotopic (exact) mass is 343 g/mol. The summed E-state index contributed by atoms with van der Waals surface area (Å²) in [6, 6.07) is 13.4. The summed E-state index contributed by atoms with van der Waals surface area (Å²) >= 11 is 5.80. The van der Waals surface area contributed by atoms with Crippen molar-refractivity contribution in [2.45, 2.75) is 12.4 Å². The second-order valence-electron chi connectivity index (χ2n) is 5.19. The molecular weight excluding hydrogens is 330 g/mol. The van der Waals surface area contributed by atoms with Crippen LogP contribution in [0, 0.1) is 0 Å². The van der Waals surface area contributed by atoms with Crippen LogP contribution in [0.15, 0.2) is 57.7 Å². The van der Waals surface area contributed by atoms with Gasteiger partial charge in [0.15, 0.2) is 0 Å². The van der Waals surface area contributed by atoms with Crippen LogP contribution in [-0.2, 0) is 12.4 Å². The second-order valence-corrected chi connectivity index (χ2v) is 5.46. The van der Waals surface area contributed by atoms with Gasteiger partial charge in [0.1, 0.15) is 16.9 Å². The van der Waals surface area contributed by atoms with E-state index in [1.54, 1.807) is 42.5 Å². The van der Waals surface area contributed by atoms with Crippen molar-refractivity contribution in [3.05, 3.63) is 75.6 Å². The molecule has 3 aromatic rings. The van der Waals surface area contributed by atoms with E-state index in [1.807, 2.05) is 0 Å². The zero-order valence-electron chi connectivity index (χ0n) is 12.6. The van der Waals surface area contributed by atoms with E-state index < -0.39 is 11.6 Å². The number of carbonyl (C=O) groups is 1. The summed E-state index contributed by atoms with van der Waals surface area (Å²) in [7, 11) is 0. The summed E-state index contributed by atoms with van der Waals surface area (Å²) in [5.41, 5.74) is 6.76. The summed E-state index contributed by atoms with van der Waals surface area (Å²) in [5, 5.41) is 0.609. The van der Waals surface area contributed by atoms with Gasteiger partial charge in [0.2, 0.25) is 0 Å². The maximum Gasteiger partial charge on any atom is 0.351 e. The number of alkyl halides is 1. The quantitative estimate of drug-likeness (QED) is 0.340. The number of hydrogen-bond acceptors (Lipinski definition) is 5. The molecule has 0 atom stereocenters. The Hall–Kier alpha value is -2.63. The van der Waals surface area contributed by atoms with Crippen molar-refractivity contribution < 1.29 is 13.9 Å². The molecule has 0 amide bonds. The normalized spacial score (nSPS) is 10.8. The number of benzene rings is 2. The Kier molecular flexibility index (Phi) is 4.64. The number of halogens is 1. The molecule has 2 aromatic carbocycles. The van der Waals surface area contributed by atoms with Gasteiger partial charge in [-0.05, 0) is 41.5 Å². The fourth-order valence-electron chi connectivity index (χ4n) is 2.25. The number of nitrogens with two attached hydrogens (primary N) is 1. The molecule has 0 fully saturated rings. The molecule has 0 aliphatic carbocycles. The highest BCUT2D eigenvalue weighted by atomic mass is 35.5. The predicted molar refractivity (Wildman–Crippen MR) is 91.3 cm³/mol. The second kappa shape index (κ2) is 6.86. The van der Waals surface area contributed by atoms with Crippen molar-refractivity contribution >= 4 is 28.5 Å². The molecule has 6 heteroatoms. The molecule has 0 saturated carbocycles. The van der Waals surface area contributed by atoms with Gasteiger partial charge >= 0.3 is 11.6 Å². The Morgan fingerprint density at radius 1 is 1.08 bits per heavy atom. The van der Waals surface area contributed by atoms with Crippen LogP contribution in [0.1, 0.15) is 21.5 Å². The fraction of sp³-hybridized carbons (Fsp3) is 0.111. The lowest BCUT2D eigenvalue weighted by atomic mass is 10.1. The Labute approximate surface area is 142 Å². The zero-order valence-corrected chi connectivity index (χ0v) is 13.4. The molecule has 0 bridgehead atoms. The molecule has 0 aliphatic heterocycles. The molecule has 122 valence electrons. The van der Waals surface area contributed by atoms with Crippen molar-refractivity contribution in [1.82, 2.24) is 0 Å². The van der Waals surface area contributed by atoms with Gasteiger partial charge in [0.05, 0.1) is 0 Å². The summed E-state index contributed by atoms with van der Waals surface area (Å²) in [6.07, 6.45) is 0. The Bertz CT molecular complexity index is 947. The van der Waals surface area contributed by atoms with E-state index in [0.29, 0.717) is 29.1 Å². The van der Waals surface area contributed by atoms with Crippen LogP contribution in [0.3, 0.4) is 0 Å². The lowest BCUT2D eigenvalue weighted by molar-refractivity contribution is 0.0730.